The number of likely N-dealkylation sites (tertiary alicyclic amines) is 1. The van der Waals surface area contributed by atoms with Crippen LogP contribution in [0.25, 0.3) is 0 Å². The van der Waals surface area contributed by atoms with Crippen LogP contribution < -0.4 is 5.32 Å². The van der Waals surface area contributed by atoms with E-state index in [1.54, 1.807) is 0 Å². The zero-order valence-electron chi connectivity index (χ0n) is 14.0. The lowest BCUT2D eigenvalue weighted by molar-refractivity contribution is 0.0183. The topological polar surface area (TPSA) is 44.8 Å². The Morgan fingerprint density at radius 1 is 1.48 bits per heavy atom. The average Bonchev–Trinajstić information content (AvgIpc) is 3.07. The molecule has 0 saturated carbocycles. The van der Waals surface area contributed by atoms with Crippen molar-refractivity contribution < 1.29 is 9.53 Å². The Hall–Kier alpha value is -1.11. The van der Waals surface area contributed by atoms with Crippen LogP contribution >= 0.6 is 11.3 Å². The van der Waals surface area contributed by atoms with Gasteiger partial charge in [-0.3, -0.25) is 4.90 Å². The Morgan fingerprint density at radius 2 is 2.35 bits per heavy atom. The third-order valence-corrected chi connectivity index (χ3v) is 5.93. The van der Waals surface area contributed by atoms with Gasteiger partial charge in [0, 0.05) is 24.0 Å². The number of thiophene rings is 1. The minimum Gasteiger partial charge on any atom is -0.377 e. The van der Waals surface area contributed by atoms with Crippen molar-refractivity contribution in [2.75, 3.05) is 39.9 Å². The van der Waals surface area contributed by atoms with Crippen molar-refractivity contribution in [2.24, 2.45) is 5.92 Å². The van der Waals surface area contributed by atoms with Gasteiger partial charge in [-0.05, 0) is 50.7 Å². The lowest BCUT2D eigenvalue weighted by Crippen LogP contribution is -2.52. The Balaban J connectivity index is 1.60. The summed E-state index contributed by atoms with van der Waals surface area (Å²) in [6.45, 7) is 5.88. The maximum absolute atomic E-state index is 12.5. The highest BCUT2D eigenvalue weighted by molar-refractivity contribution is 7.10. The molecule has 3 heterocycles. The normalized spacial score (nSPS) is 29.5. The van der Waals surface area contributed by atoms with E-state index in [9.17, 15) is 4.79 Å². The summed E-state index contributed by atoms with van der Waals surface area (Å²) >= 11 is 1.82. The van der Waals surface area contributed by atoms with Crippen molar-refractivity contribution in [1.82, 2.24) is 15.1 Å². The van der Waals surface area contributed by atoms with Crippen molar-refractivity contribution in [3.63, 3.8) is 0 Å². The summed E-state index contributed by atoms with van der Waals surface area (Å²) in [6, 6.07) is 4.97. The molecule has 0 bridgehead atoms. The molecule has 2 aliphatic rings. The molecule has 2 amide bonds. The fourth-order valence-corrected chi connectivity index (χ4v) is 4.71. The highest BCUT2D eigenvalue weighted by Gasteiger charge is 2.32. The first-order valence-electron chi connectivity index (χ1n) is 8.52. The molecule has 5 nitrogen and oxygen atoms in total. The monoisotopic (exact) mass is 337 g/mol. The summed E-state index contributed by atoms with van der Waals surface area (Å²) in [5.41, 5.74) is 0. The molecule has 3 rings (SSSR count). The Bertz CT molecular complexity index is 508. The standard InChI is InChI=1S/C17H27N3O2S/c1-13-12-22-9-8-20(13)17(21)18-11-14-5-3-7-19(2)16(14)15-6-4-10-23-15/h4,6,10,13-14,16H,3,5,7-9,11-12H2,1-2H3,(H,18,21). The van der Waals surface area contributed by atoms with Crippen molar-refractivity contribution in [3.05, 3.63) is 22.4 Å². The SMILES string of the molecule is CC1COCCN1C(=O)NCC1CCCN(C)C1c1cccs1. The molecule has 0 aromatic carbocycles. The first-order chi connectivity index (χ1) is 11.2. The van der Waals surface area contributed by atoms with Crippen LogP contribution in [0.1, 0.15) is 30.7 Å². The number of hydrogen-bond acceptors (Lipinski definition) is 4. The van der Waals surface area contributed by atoms with Gasteiger partial charge in [-0.1, -0.05) is 6.07 Å². The maximum atomic E-state index is 12.5. The summed E-state index contributed by atoms with van der Waals surface area (Å²) in [7, 11) is 2.20. The molecule has 2 saturated heterocycles. The van der Waals surface area contributed by atoms with Crippen molar-refractivity contribution >= 4 is 17.4 Å². The number of carbonyl (C=O) groups excluding carboxylic acids is 1. The van der Waals surface area contributed by atoms with Crippen molar-refractivity contribution in [3.8, 4) is 0 Å². The summed E-state index contributed by atoms with van der Waals surface area (Å²) in [5, 5.41) is 5.32. The third-order valence-electron chi connectivity index (χ3n) is 4.99. The number of nitrogens with zero attached hydrogens (tertiary/aromatic N) is 2. The maximum Gasteiger partial charge on any atom is 0.317 e. The van der Waals surface area contributed by atoms with Crippen LogP contribution in [-0.2, 0) is 4.74 Å². The smallest absolute Gasteiger partial charge is 0.317 e. The second kappa shape index (κ2) is 7.64. The molecule has 0 aliphatic carbocycles. The highest BCUT2D eigenvalue weighted by atomic mass is 32.1. The van der Waals surface area contributed by atoms with Crippen LogP contribution in [0.2, 0.25) is 0 Å². The number of ether oxygens (including phenoxy) is 1. The third kappa shape index (κ3) is 3.87. The van der Waals surface area contributed by atoms with Crippen LogP contribution in [0, 0.1) is 5.92 Å². The predicted octanol–water partition coefficient (Wildman–Crippen LogP) is 2.56. The lowest BCUT2D eigenvalue weighted by Gasteiger charge is -2.39. The van der Waals surface area contributed by atoms with Gasteiger partial charge in [-0.25, -0.2) is 4.79 Å². The van der Waals surface area contributed by atoms with E-state index in [0.29, 0.717) is 31.7 Å². The molecule has 128 valence electrons. The molecule has 2 aliphatic heterocycles. The van der Waals surface area contributed by atoms with E-state index >= 15 is 0 Å². The molecule has 0 radical (unpaired) electrons. The number of carbonyl (C=O) groups is 1. The number of piperidine rings is 1. The first kappa shape index (κ1) is 16.7. The lowest BCUT2D eigenvalue weighted by atomic mass is 9.88. The number of urea groups is 1. The summed E-state index contributed by atoms with van der Waals surface area (Å²) in [4.78, 5) is 18.2. The van der Waals surface area contributed by atoms with Gasteiger partial charge in [-0.15, -0.1) is 11.3 Å². The van der Waals surface area contributed by atoms with Gasteiger partial charge in [-0.2, -0.15) is 0 Å². The van der Waals surface area contributed by atoms with Gasteiger partial charge >= 0.3 is 6.03 Å². The molecule has 1 N–H and O–H groups in total. The highest BCUT2D eigenvalue weighted by Crippen LogP contribution is 2.36. The molecular weight excluding hydrogens is 310 g/mol. The van der Waals surface area contributed by atoms with E-state index < -0.39 is 0 Å². The molecule has 23 heavy (non-hydrogen) atoms. The van der Waals surface area contributed by atoms with Gasteiger partial charge in [0.05, 0.1) is 19.3 Å². The van der Waals surface area contributed by atoms with E-state index in [1.165, 1.54) is 17.7 Å². The van der Waals surface area contributed by atoms with Crippen LogP contribution in [0.5, 0.6) is 0 Å². The van der Waals surface area contributed by atoms with Gasteiger partial charge < -0.3 is 15.0 Å². The second-order valence-corrected chi connectivity index (χ2v) is 7.63. The molecule has 2 fully saturated rings. The molecule has 1 aromatic rings. The largest absolute Gasteiger partial charge is 0.377 e. The second-order valence-electron chi connectivity index (χ2n) is 6.65. The molecule has 3 unspecified atom stereocenters. The quantitative estimate of drug-likeness (QED) is 0.922. The molecule has 3 atom stereocenters. The minimum atomic E-state index is 0.0546. The van der Waals surface area contributed by atoms with E-state index in [-0.39, 0.29) is 12.1 Å². The number of morpholine rings is 1. The molecule has 6 heteroatoms. The Kier molecular flexibility index (Phi) is 5.56. The predicted molar refractivity (Wildman–Crippen MR) is 92.8 cm³/mol. The van der Waals surface area contributed by atoms with Crippen LogP contribution in [0.3, 0.4) is 0 Å². The first-order valence-corrected chi connectivity index (χ1v) is 9.40. The van der Waals surface area contributed by atoms with Crippen molar-refractivity contribution in [1.29, 1.82) is 0 Å². The van der Waals surface area contributed by atoms with E-state index in [4.69, 9.17) is 4.74 Å². The molecular formula is C17H27N3O2S. The minimum absolute atomic E-state index is 0.0546. The van der Waals surface area contributed by atoms with Crippen LogP contribution in [0.4, 0.5) is 4.79 Å². The Labute approximate surface area is 142 Å². The summed E-state index contributed by atoms with van der Waals surface area (Å²) in [6.07, 6.45) is 2.37. The van der Waals surface area contributed by atoms with Crippen LogP contribution in [-0.4, -0.2) is 61.8 Å². The summed E-state index contributed by atoms with van der Waals surface area (Å²) < 4.78 is 5.41. The fraction of sp³-hybridized carbons (Fsp3) is 0.706. The number of nitrogens with one attached hydrogen (secondary N) is 1. The number of hydrogen-bond donors (Lipinski definition) is 1. The Morgan fingerprint density at radius 3 is 3.09 bits per heavy atom. The average molecular weight is 337 g/mol. The number of amides is 2. The molecule has 1 aromatic heterocycles. The molecule has 0 spiro atoms. The van der Waals surface area contributed by atoms with Gasteiger partial charge in [0.15, 0.2) is 0 Å². The van der Waals surface area contributed by atoms with Gasteiger partial charge in [0.1, 0.15) is 0 Å². The van der Waals surface area contributed by atoms with E-state index in [0.717, 1.165) is 13.1 Å². The van der Waals surface area contributed by atoms with E-state index in [1.807, 2.05) is 23.2 Å². The van der Waals surface area contributed by atoms with Crippen LogP contribution in [0.15, 0.2) is 17.5 Å². The summed E-state index contributed by atoms with van der Waals surface area (Å²) in [5.74, 6) is 0.479. The van der Waals surface area contributed by atoms with E-state index in [2.05, 4.69) is 34.8 Å². The van der Waals surface area contributed by atoms with Gasteiger partial charge in [0.25, 0.3) is 0 Å². The zero-order chi connectivity index (χ0) is 16.2. The fourth-order valence-electron chi connectivity index (χ4n) is 3.73. The number of rotatable bonds is 3. The van der Waals surface area contributed by atoms with Crippen molar-refractivity contribution in [2.45, 2.75) is 31.8 Å². The zero-order valence-corrected chi connectivity index (χ0v) is 14.8. The van der Waals surface area contributed by atoms with Gasteiger partial charge in [0.2, 0.25) is 0 Å².